The highest BCUT2D eigenvalue weighted by atomic mass is 32.1. The van der Waals surface area contributed by atoms with Gasteiger partial charge in [0.25, 0.3) is 0 Å². The zero-order valence-electron chi connectivity index (χ0n) is 13.9. The van der Waals surface area contributed by atoms with Crippen LogP contribution in [0.5, 0.6) is 0 Å². The first-order valence-electron chi connectivity index (χ1n) is 8.07. The predicted molar refractivity (Wildman–Crippen MR) is 97.0 cm³/mol. The molecule has 0 radical (unpaired) electrons. The summed E-state index contributed by atoms with van der Waals surface area (Å²) in [6.45, 7) is 5.39. The molecule has 1 N–H and O–H groups in total. The van der Waals surface area contributed by atoms with E-state index >= 15 is 0 Å². The smallest absolute Gasteiger partial charge is 0.225 e. The van der Waals surface area contributed by atoms with Crippen LogP contribution < -0.4 is 5.32 Å². The molecule has 3 heterocycles. The number of nitrogens with one attached hydrogen (secondary N) is 1. The van der Waals surface area contributed by atoms with Crippen LogP contribution in [0.4, 0.5) is 0 Å². The van der Waals surface area contributed by atoms with Crippen molar-refractivity contribution in [2.45, 2.75) is 33.2 Å². The largest absolute Gasteiger partial charge is 0.351 e. The highest BCUT2D eigenvalue weighted by Crippen LogP contribution is 2.29. The van der Waals surface area contributed by atoms with Gasteiger partial charge in [0.05, 0.1) is 28.0 Å². The van der Waals surface area contributed by atoms with E-state index in [1.54, 1.807) is 34.5 Å². The first-order chi connectivity index (χ1) is 11.5. The number of thiazole rings is 1. The van der Waals surface area contributed by atoms with Crippen molar-refractivity contribution in [3.63, 3.8) is 0 Å². The van der Waals surface area contributed by atoms with Gasteiger partial charge >= 0.3 is 0 Å². The van der Waals surface area contributed by atoms with Gasteiger partial charge in [0.1, 0.15) is 0 Å². The monoisotopic (exact) mass is 363 g/mol. The number of thiophene rings is 1. The topological polar surface area (TPSA) is 62.3 Å². The van der Waals surface area contributed by atoms with Crippen LogP contribution in [0.25, 0.3) is 10.6 Å². The molecule has 1 atom stereocenters. The first kappa shape index (κ1) is 17.1. The molecule has 5 nitrogen and oxygen atoms in total. The molecule has 0 saturated carbocycles. The fourth-order valence-electron chi connectivity index (χ4n) is 2.88. The van der Waals surface area contributed by atoms with Gasteiger partial charge in [-0.25, -0.2) is 4.98 Å². The minimum absolute atomic E-state index is 0.0420. The zero-order chi connectivity index (χ0) is 17.1. The highest BCUT2D eigenvalue weighted by molar-refractivity contribution is 7.16. The number of hydrogen-bond donors (Lipinski definition) is 1. The van der Waals surface area contributed by atoms with Gasteiger partial charge in [-0.1, -0.05) is 0 Å². The van der Waals surface area contributed by atoms with Crippen LogP contribution in [-0.2, 0) is 16.1 Å². The lowest BCUT2D eigenvalue weighted by atomic mass is 9.97. The summed E-state index contributed by atoms with van der Waals surface area (Å²) in [6.07, 6.45) is 1.74. The lowest BCUT2D eigenvalue weighted by Gasteiger charge is -2.31. The van der Waals surface area contributed by atoms with Gasteiger partial charge in [-0.15, -0.1) is 22.7 Å². The molecule has 1 fully saturated rings. The summed E-state index contributed by atoms with van der Waals surface area (Å²) in [4.78, 5) is 32.3. The standard InChI is InChI=1S/C17H21N3O2S2/c1-11-19-15(10-23-11)16-6-5-14(24-16)8-18-17(22)13-4-3-7-20(9-13)12(2)21/h5-6,10,13H,3-4,7-9H2,1-2H3,(H,18,22)/t13-/m1/s1. The molecule has 0 bridgehead atoms. The Bertz CT molecular complexity index is 738. The van der Waals surface area contributed by atoms with Crippen molar-refractivity contribution in [2.75, 3.05) is 13.1 Å². The summed E-state index contributed by atoms with van der Waals surface area (Å²) < 4.78 is 0. The quantitative estimate of drug-likeness (QED) is 0.908. The zero-order valence-corrected chi connectivity index (χ0v) is 15.5. The van der Waals surface area contributed by atoms with Crippen molar-refractivity contribution in [1.29, 1.82) is 0 Å². The molecule has 0 unspecified atom stereocenters. The molecule has 0 aliphatic carbocycles. The third kappa shape index (κ3) is 4.02. The summed E-state index contributed by atoms with van der Waals surface area (Å²) in [5.41, 5.74) is 1.00. The van der Waals surface area contributed by atoms with Crippen molar-refractivity contribution in [2.24, 2.45) is 5.92 Å². The third-order valence-electron chi connectivity index (χ3n) is 4.21. The van der Waals surface area contributed by atoms with Gasteiger partial charge in [-0.05, 0) is 31.9 Å². The second-order valence-corrected chi connectivity index (χ2v) is 8.27. The summed E-state index contributed by atoms with van der Waals surface area (Å²) in [6, 6.07) is 4.09. The summed E-state index contributed by atoms with van der Waals surface area (Å²) in [5.74, 6) is -0.00219. The molecular formula is C17H21N3O2S2. The molecule has 7 heteroatoms. The second-order valence-electron chi connectivity index (χ2n) is 6.04. The number of nitrogens with zero attached hydrogens (tertiary/aromatic N) is 2. The Morgan fingerprint density at radius 1 is 1.42 bits per heavy atom. The molecule has 1 saturated heterocycles. The van der Waals surface area contributed by atoms with Gasteiger partial charge in [-0.3, -0.25) is 9.59 Å². The summed E-state index contributed by atoms with van der Waals surface area (Å²) in [5, 5.41) is 6.13. The van der Waals surface area contributed by atoms with Crippen molar-refractivity contribution in [1.82, 2.24) is 15.2 Å². The van der Waals surface area contributed by atoms with Gasteiger partial charge in [0.15, 0.2) is 0 Å². The van der Waals surface area contributed by atoms with Crippen LogP contribution in [-0.4, -0.2) is 34.8 Å². The summed E-state index contributed by atoms with van der Waals surface area (Å²) >= 11 is 3.30. The molecule has 128 valence electrons. The van der Waals surface area contributed by atoms with Gasteiger partial charge in [0.2, 0.25) is 11.8 Å². The van der Waals surface area contributed by atoms with E-state index in [0.29, 0.717) is 13.1 Å². The normalized spacial score (nSPS) is 17.8. The maximum absolute atomic E-state index is 12.4. The predicted octanol–water partition coefficient (Wildman–Crippen LogP) is 3.05. The van der Waals surface area contributed by atoms with Crippen LogP contribution in [0.2, 0.25) is 0 Å². The van der Waals surface area contributed by atoms with Crippen molar-refractivity contribution in [3.05, 3.63) is 27.4 Å². The lowest BCUT2D eigenvalue weighted by molar-refractivity contribution is -0.134. The number of piperidine rings is 1. The second kappa shape index (κ2) is 7.44. The molecule has 2 amide bonds. The number of hydrogen-bond acceptors (Lipinski definition) is 5. The van der Waals surface area contributed by atoms with Crippen molar-refractivity contribution >= 4 is 34.5 Å². The minimum Gasteiger partial charge on any atom is -0.351 e. The Morgan fingerprint density at radius 2 is 2.25 bits per heavy atom. The summed E-state index contributed by atoms with van der Waals surface area (Å²) in [7, 11) is 0. The number of carbonyl (C=O) groups excluding carboxylic acids is 2. The van der Waals surface area contributed by atoms with Crippen LogP contribution >= 0.6 is 22.7 Å². The number of rotatable bonds is 4. The van der Waals surface area contributed by atoms with Crippen LogP contribution in [0, 0.1) is 12.8 Å². The van der Waals surface area contributed by atoms with E-state index in [2.05, 4.69) is 21.7 Å². The number of likely N-dealkylation sites (tertiary alicyclic amines) is 1. The number of amides is 2. The van der Waals surface area contributed by atoms with Crippen LogP contribution in [0.3, 0.4) is 0 Å². The molecule has 1 aliphatic heterocycles. The molecule has 1 aliphatic rings. The fraction of sp³-hybridized carbons (Fsp3) is 0.471. The van der Waals surface area contributed by atoms with E-state index in [9.17, 15) is 9.59 Å². The third-order valence-corrected chi connectivity index (χ3v) is 6.09. The van der Waals surface area contributed by atoms with Crippen molar-refractivity contribution in [3.8, 4) is 10.6 Å². The lowest BCUT2D eigenvalue weighted by Crippen LogP contribution is -2.44. The van der Waals surface area contributed by atoms with Crippen molar-refractivity contribution < 1.29 is 9.59 Å². The molecule has 24 heavy (non-hydrogen) atoms. The van der Waals surface area contributed by atoms with Gasteiger partial charge in [0, 0.05) is 30.3 Å². The molecule has 2 aromatic rings. The maximum Gasteiger partial charge on any atom is 0.225 e. The average Bonchev–Trinajstić information content (AvgIpc) is 3.21. The molecule has 3 rings (SSSR count). The Kier molecular flexibility index (Phi) is 5.30. The molecule has 0 aromatic carbocycles. The van der Waals surface area contributed by atoms with Gasteiger partial charge < -0.3 is 10.2 Å². The van der Waals surface area contributed by atoms with E-state index < -0.39 is 0 Å². The van der Waals surface area contributed by atoms with E-state index in [-0.39, 0.29) is 17.7 Å². The number of aryl methyl sites for hydroxylation is 1. The first-order valence-corrected chi connectivity index (χ1v) is 9.77. The highest BCUT2D eigenvalue weighted by Gasteiger charge is 2.26. The number of aromatic nitrogens is 1. The fourth-order valence-corrected chi connectivity index (χ4v) is 4.48. The van der Waals surface area contributed by atoms with Crippen LogP contribution in [0.1, 0.15) is 29.7 Å². The van der Waals surface area contributed by atoms with Gasteiger partial charge in [-0.2, -0.15) is 0 Å². The van der Waals surface area contributed by atoms with E-state index in [4.69, 9.17) is 0 Å². The Morgan fingerprint density at radius 3 is 2.96 bits per heavy atom. The molecule has 2 aromatic heterocycles. The van der Waals surface area contributed by atoms with Crippen LogP contribution in [0.15, 0.2) is 17.5 Å². The Labute approximate surface area is 149 Å². The minimum atomic E-state index is -0.0942. The number of carbonyl (C=O) groups is 2. The van der Waals surface area contributed by atoms with E-state index in [1.165, 1.54) is 0 Å². The SMILES string of the molecule is CC(=O)N1CCC[C@@H](C(=O)NCc2ccc(-c3csc(C)n3)s2)C1. The Hall–Kier alpha value is -1.73. The average molecular weight is 364 g/mol. The van der Waals surface area contributed by atoms with E-state index in [1.807, 2.05) is 13.0 Å². The molecular weight excluding hydrogens is 342 g/mol. The van der Waals surface area contributed by atoms with E-state index in [0.717, 1.165) is 39.8 Å². The molecule has 0 spiro atoms. The Balaban J connectivity index is 1.55. The maximum atomic E-state index is 12.4.